The first kappa shape index (κ1) is 23.6. The summed E-state index contributed by atoms with van der Waals surface area (Å²) in [4.78, 5) is 12.9. The number of nitrogens with one attached hydrogen (secondary N) is 2. The molecular weight excluding hydrogens is 442 g/mol. The molecule has 0 aliphatic heterocycles. The zero-order valence-electron chi connectivity index (χ0n) is 19.9. The van der Waals surface area contributed by atoms with Gasteiger partial charge in [-0.2, -0.15) is 0 Å². The average Bonchev–Trinajstić information content (AvgIpc) is 3.23. The van der Waals surface area contributed by atoms with E-state index in [1.54, 1.807) is 0 Å². The zero-order valence-corrected chi connectivity index (χ0v) is 20.7. The van der Waals surface area contributed by atoms with Crippen molar-refractivity contribution in [1.29, 1.82) is 0 Å². The van der Waals surface area contributed by atoms with E-state index in [2.05, 4.69) is 46.8 Å². The molecule has 4 aromatic rings. The molecule has 1 amide bonds. The summed E-state index contributed by atoms with van der Waals surface area (Å²) in [5, 5.41) is 15.6. The SMILES string of the molecule is Cc1ccc(NCc2nnc(S[C@H](C)C(=O)Nc3ccc(C)c(C)c3)n2-c2ccccc2)cc1. The van der Waals surface area contributed by atoms with Gasteiger partial charge in [-0.3, -0.25) is 9.36 Å². The molecule has 4 rings (SSSR count). The van der Waals surface area contributed by atoms with Crippen molar-refractivity contribution >= 4 is 29.0 Å². The molecule has 0 saturated carbocycles. The van der Waals surface area contributed by atoms with Crippen molar-refractivity contribution in [2.24, 2.45) is 0 Å². The first-order chi connectivity index (χ1) is 16.4. The van der Waals surface area contributed by atoms with E-state index in [0.717, 1.165) is 28.5 Å². The highest BCUT2D eigenvalue weighted by atomic mass is 32.2. The summed E-state index contributed by atoms with van der Waals surface area (Å²) in [6, 6.07) is 24.2. The number of carbonyl (C=O) groups is 1. The quantitative estimate of drug-likeness (QED) is 0.312. The van der Waals surface area contributed by atoms with Gasteiger partial charge in [0, 0.05) is 17.1 Å². The summed E-state index contributed by atoms with van der Waals surface area (Å²) in [7, 11) is 0. The minimum atomic E-state index is -0.355. The summed E-state index contributed by atoms with van der Waals surface area (Å²) in [5.74, 6) is 0.700. The van der Waals surface area contributed by atoms with Gasteiger partial charge in [0.15, 0.2) is 11.0 Å². The number of nitrogens with zero attached hydrogens (tertiary/aromatic N) is 3. The molecule has 6 nitrogen and oxygen atoms in total. The summed E-state index contributed by atoms with van der Waals surface area (Å²) < 4.78 is 2.01. The van der Waals surface area contributed by atoms with Crippen LogP contribution in [0, 0.1) is 20.8 Å². The molecule has 7 heteroatoms. The molecule has 0 bridgehead atoms. The predicted octanol–water partition coefficient (Wildman–Crippen LogP) is 5.92. The van der Waals surface area contributed by atoms with E-state index in [-0.39, 0.29) is 11.2 Å². The van der Waals surface area contributed by atoms with Crippen molar-refractivity contribution in [2.45, 2.75) is 44.6 Å². The predicted molar refractivity (Wildman–Crippen MR) is 140 cm³/mol. The second-order valence-corrected chi connectivity index (χ2v) is 9.65. The van der Waals surface area contributed by atoms with E-state index in [1.807, 2.05) is 79.1 Å². The number of carbonyl (C=O) groups excluding carboxylic acids is 1. The molecule has 0 radical (unpaired) electrons. The van der Waals surface area contributed by atoms with Gasteiger partial charge in [0.25, 0.3) is 0 Å². The van der Waals surface area contributed by atoms with Crippen molar-refractivity contribution in [3.05, 3.63) is 95.3 Å². The van der Waals surface area contributed by atoms with Crippen LogP contribution in [-0.2, 0) is 11.3 Å². The standard InChI is InChI=1S/C27H29N5OS/c1-18-10-13-22(14-11-18)28-17-25-30-31-27(32(25)24-8-6-5-7-9-24)34-21(4)26(33)29-23-15-12-19(2)20(3)16-23/h5-16,21,28H,17H2,1-4H3,(H,29,33)/t21-/m1/s1. The van der Waals surface area contributed by atoms with Crippen molar-refractivity contribution in [3.8, 4) is 5.69 Å². The molecule has 174 valence electrons. The molecule has 0 saturated heterocycles. The molecule has 1 atom stereocenters. The second kappa shape index (κ2) is 10.6. The highest BCUT2D eigenvalue weighted by Crippen LogP contribution is 2.27. The van der Waals surface area contributed by atoms with Crippen molar-refractivity contribution in [1.82, 2.24) is 14.8 Å². The fraction of sp³-hybridized carbons (Fsp3) is 0.222. The van der Waals surface area contributed by atoms with Crippen LogP contribution in [0.1, 0.15) is 29.4 Å². The smallest absolute Gasteiger partial charge is 0.237 e. The lowest BCUT2D eigenvalue weighted by atomic mass is 10.1. The van der Waals surface area contributed by atoms with E-state index >= 15 is 0 Å². The van der Waals surface area contributed by atoms with Gasteiger partial charge in [-0.15, -0.1) is 10.2 Å². The maximum Gasteiger partial charge on any atom is 0.237 e. The Morgan fingerprint density at radius 1 is 0.912 bits per heavy atom. The largest absolute Gasteiger partial charge is 0.378 e. The molecule has 3 aromatic carbocycles. The molecule has 2 N–H and O–H groups in total. The third-order valence-corrected chi connectivity index (χ3v) is 6.69. The van der Waals surface area contributed by atoms with Gasteiger partial charge in [-0.05, 0) is 75.2 Å². The lowest BCUT2D eigenvalue weighted by molar-refractivity contribution is -0.115. The number of hydrogen-bond acceptors (Lipinski definition) is 5. The Hall–Kier alpha value is -3.58. The number of hydrogen-bond donors (Lipinski definition) is 2. The lowest BCUT2D eigenvalue weighted by Crippen LogP contribution is -2.23. The highest BCUT2D eigenvalue weighted by molar-refractivity contribution is 8.00. The second-order valence-electron chi connectivity index (χ2n) is 8.34. The summed E-state index contributed by atoms with van der Waals surface area (Å²) in [6.45, 7) is 8.55. The molecule has 0 fully saturated rings. The van der Waals surface area contributed by atoms with Gasteiger partial charge in [-0.25, -0.2) is 0 Å². The van der Waals surface area contributed by atoms with E-state index in [1.165, 1.54) is 22.9 Å². The van der Waals surface area contributed by atoms with Gasteiger partial charge in [0.1, 0.15) is 0 Å². The molecule has 0 aliphatic carbocycles. The summed E-state index contributed by atoms with van der Waals surface area (Å²) >= 11 is 1.39. The first-order valence-corrected chi connectivity index (χ1v) is 12.1. The van der Waals surface area contributed by atoms with Crippen LogP contribution in [0.2, 0.25) is 0 Å². The highest BCUT2D eigenvalue weighted by Gasteiger charge is 2.21. The third-order valence-electron chi connectivity index (χ3n) is 5.64. The molecule has 0 unspecified atom stereocenters. The van der Waals surface area contributed by atoms with Crippen LogP contribution < -0.4 is 10.6 Å². The minimum absolute atomic E-state index is 0.0739. The summed E-state index contributed by atoms with van der Waals surface area (Å²) in [5.41, 5.74) is 6.33. The van der Waals surface area contributed by atoms with Gasteiger partial charge in [-0.1, -0.05) is 53.7 Å². The number of amides is 1. The number of para-hydroxylation sites is 1. The maximum absolute atomic E-state index is 12.9. The Labute approximate surface area is 204 Å². The molecule has 1 aromatic heterocycles. The van der Waals surface area contributed by atoms with Crippen molar-refractivity contribution in [3.63, 3.8) is 0 Å². The topological polar surface area (TPSA) is 71.8 Å². The van der Waals surface area contributed by atoms with Crippen LogP contribution in [0.3, 0.4) is 0 Å². The number of rotatable bonds is 8. The lowest BCUT2D eigenvalue weighted by Gasteiger charge is -2.15. The molecule has 0 aliphatic rings. The van der Waals surface area contributed by atoms with Gasteiger partial charge in [0.05, 0.1) is 11.8 Å². The van der Waals surface area contributed by atoms with Crippen LogP contribution in [0.25, 0.3) is 5.69 Å². The third kappa shape index (κ3) is 5.66. The fourth-order valence-electron chi connectivity index (χ4n) is 3.45. The number of benzene rings is 3. The van der Waals surface area contributed by atoms with Gasteiger partial charge >= 0.3 is 0 Å². The Balaban J connectivity index is 1.52. The zero-order chi connectivity index (χ0) is 24.1. The van der Waals surface area contributed by atoms with Gasteiger partial charge in [0.2, 0.25) is 5.91 Å². The van der Waals surface area contributed by atoms with Crippen LogP contribution in [-0.4, -0.2) is 25.9 Å². The average molecular weight is 472 g/mol. The van der Waals surface area contributed by atoms with Crippen LogP contribution in [0.15, 0.2) is 78.0 Å². The number of aromatic nitrogens is 3. The van der Waals surface area contributed by atoms with Crippen LogP contribution in [0.4, 0.5) is 11.4 Å². The van der Waals surface area contributed by atoms with Gasteiger partial charge < -0.3 is 10.6 Å². The Bertz CT molecular complexity index is 1270. The first-order valence-electron chi connectivity index (χ1n) is 11.3. The number of anilines is 2. The molecule has 1 heterocycles. The molecular formula is C27H29N5OS. The van der Waals surface area contributed by atoms with E-state index in [0.29, 0.717) is 11.7 Å². The number of thioether (sulfide) groups is 1. The van der Waals surface area contributed by atoms with Crippen molar-refractivity contribution < 1.29 is 4.79 Å². The summed E-state index contributed by atoms with van der Waals surface area (Å²) in [6.07, 6.45) is 0. The number of aryl methyl sites for hydroxylation is 3. The van der Waals surface area contributed by atoms with Crippen LogP contribution in [0.5, 0.6) is 0 Å². The van der Waals surface area contributed by atoms with Crippen LogP contribution >= 0.6 is 11.8 Å². The maximum atomic E-state index is 12.9. The van der Waals surface area contributed by atoms with E-state index < -0.39 is 0 Å². The normalized spacial score (nSPS) is 11.8. The fourth-order valence-corrected chi connectivity index (χ4v) is 4.34. The van der Waals surface area contributed by atoms with E-state index in [9.17, 15) is 4.79 Å². The molecule has 0 spiro atoms. The van der Waals surface area contributed by atoms with E-state index in [4.69, 9.17) is 0 Å². The van der Waals surface area contributed by atoms with Crippen molar-refractivity contribution in [2.75, 3.05) is 10.6 Å². The Kier molecular flexibility index (Phi) is 7.33. The monoisotopic (exact) mass is 471 g/mol. The Morgan fingerprint density at radius 3 is 2.32 bits per heavy atom. The Morgan fingerprint density at radius 2 is 1.62 bits per heavy atom. The molecule has 34 heavy (non-hydrogen) atoms. The minimum Gasteiger partial charge on any atom is -0.378 e.